The van der Waals surface area contributed by atoms with Gasteiger partial charge in [-0.1, -0.05) is 11.8 Å². The van der Waals surface area contributed by atoms with Crippen molar-refractivity contribution >= 4 is 56.1 Å². The Balaban J connectivity index is 1.96. The monoisotopic (exact) mass is 319 g/mol. The van der Waals surface area contributed by atoms with Crippen molar-refractivity contribution in [1.82, 2.24) is 4.98 Å². The van der Waals surface area contributed by atoms with Crippen LogP contribution in [0.25, 0.3) is 0 Å². The fourth-order valence-corrected chi connectivity index (χ4v) is 4.10. The molecular formula is C9H6BrNOS3. The number of thiophene rings is 1. The molecule has 2 aromatic rings. The number of nitrogens with zero attached hydrogens (tertiary/aromatic N) is 1. The summed E-state index contributed by atoms with van der Waals surface area (Å²) in [5, 5.41) is 3.82. The molecule has 0 unspecified atom stereocenters. The number of thioether (sulfide) groups is 1. The third-order valence-electron chi connectivity index (χ3n) is 1.61. The maximum Gasteiger partial charge on any atom is 0.184 e. The highest BCUT2D eigenvalue weighted by Crippen LogP contribution is 2.26. The van der Waals surface area contributed by atoms with E-state index in [9.17, 15) is 4.79 Å². The van der Waals surface area contributed by atoms with Crippen LogP contribution in [0.5, 0.6) is 0 Å². The third-order valence-corrected chi connectivity index (χ3v) is 5.45. The zero-order valence-electron chi connectivity index (χ0n) is 7.47. The van der Waals surface area contributed by atoms with E-state index in [-0.39, 0.29) is 5.78 Å². The first kappa shape index (κ1) is 11.3. The lowest BCUT2D eigenvalue weighted by Crippen LogP contribution is -1.99. The molecule has 0 amide bonds. The van der Waals surface area contributed by atoms with Crippen LogP contribution in [0.2, 0.25) is 0 Å². The van der Waals surface area contributed by atoms with Crippen molar-refractivity contribution in [2.24, 2.45) is 0 Å². The molecule has 0 N–H and O–H groups in total. The number of halogens is 1. The van der Waals surface area contributed by atoms with Gasteiger partial charge in [-0.2, -0.15) is 0 Å². The second-order valence-electron chi connectivity index (χ2n) is 2.61. The number of ketones is 1. The molecule has 0 aliphatic heterocycles. The van der Waals surface area contributed by atoms with Crippen molar-refractivity contribution in [3.63, 3.8) is 0 Å². The molecule has 2 rings (SSSR count). The van der Waals surface area contributed by atoms with E-state index in [2.05, 4.69) is 20.9 Å². The van der Waals surface area contributed by atoms with Crippen LogP contribution < -0.4 is 0 Å². The second-order valence-corrected chi connectivity index (χ2v) is 6.50. The molecule has 0 spiro atoms. The Morgan fingerprint density at radius 3 is 2.93 bits per heavy atom. The summed E-state index contributed by atoms with van der Waals surface area (Å²) in [5.41, 5.74) is 0. The minimum Gasteiger partial charge on any atom is -0.292 e. The van der Waals surface area contributed by atoms with Crippen molar-refractivity contribution in [2.45, 2.75) is 4.34 Å². The lowest BCUT2D eigenvalue weighted by molar-refractivity contribution is 0.102. The van der Waals surface area contributed by atoms with Gasteiger partial charge in [-0.05, 0) is 27.4 Å². The fourth-order valence-electron chi connectivity index (χ4n) is 0.967. The number of carbonyl (C=O) groups is 1. The summed E-state index contributed by atoms with van der Waals surface area (Å²) < 4.78 is 1.83. The quantitative estimate of drug-likeness (QED) is 0.631. The molecular weight excluding hydrogens is 314 g/mol. The summed E-state index contributed by atoms with van der Waals surface area (Å²) in [5.74, 6) is 0.601. The zero-order chi connectivity index (χ0) is 10.7. The Bertz CT molecular complexity index is 452. The van der Waals surface area contributed by atoms with Gasteiger partial charge in [0.25, 0.3) is 0 Å². The second kappa shape index (κ2) is 5.25. The fraction of sp³-hybridized carbons (Fsp3) is 0.111. The van der Waals surface area contributed by atoms with Crippen LogP contribution in [0.1, 0.15) is 9.67 Å². The zero-order valence-corrected chi connectivity index (χ0v) is 11.5. The van der Waals surface area contributed by atoms with Gasteiger partial charge in [0.15, 0.2) is 5.78 Å². The topological polar surface area (TPSA) is 30.0 Å². The van der Waals surface area contributed by atoms with Crippen LogP contribution in [0.3, 0.4) is 0 Å². The SMILES string of the molecule is O=C(CSc1nccs1)c1sccc1Br. The first-order chi connectivity index (χ1) is 7.27. The van der Waals surface area contributed by atoms with Crippen LogP contribution >= 0.6 is 50.4 Å². The lowest BCUT2D eigenvalue weighted by Gasteiger charge is -1.96. The highest BCUT2D eigenvalue weighted by atomic mass is 79.9. The van der Waals surface area contributed by atoms with E-state index in [0.717, 1.165) is 13.7 Å². The van der Waals surface area contributed by atoms with Gasteiger partial charge in [0.05, 0.1) is 10.6 Å². The molecule has 0 radical (unpaired) electrons. The van der Waals surface area contributed by atoms with Crippen LogP contribution in [0, 0.1) is 0 Å². The van der Waals surface area contributed by atoms with Gasteiger partial charge in [-0.3, -0.25) is 4.79 Å². The van der Waals surface area contributed by atoms with E-state index < -0.39 is 0 Å². The van der Waals surface area contributed by atoms with Crippen LogP contribution in [0.15, 0.2) is 31.8 Å². The minimum atomic E-state index is 0.150. The first-order valence-electron chi connectivity index (χ1n) is 4.06. The first-order valence-corrected chi connectivity index (χ1v) is 7.59. The van der Waals surface area contributed by atoms with E-state index in [4.69, 9.17) is 0 Å². The van der Waals surface area contributed by atoms with Gasteiger partial charge >= 0.3 is 0 Å². The molecule has 0 bridgehead atoms. The predicted molar refractivity (Wildman–Crippen MR) is 69.2 cm³/mol. The van der Waals surface area contributed by atoms with E-state index in [1.54, 1.807) is 17.5 Å². The standard InChI is InChI=1S/C9H6BrNOS3/c10-6-1-3-13-8(6)7(12)5-15-9-11-2-4-14-9/h1-4H,5H2. The number of hydrogen-bond acceptors (Lipinski definition) is 5. The summed E-state index contributed by atoms with van der Waals surface area (Å²) in [6, 6.07) is 1.89. The number of Topliss-reactive ketones (excluding diaryl/α,β-unsaturated/α-hetero) is 1. The Morgan fingerprint density at radius 1 is 1.47 bits per heavy atom. The summed E-state index contributed by atoms with van der Waals surface area (Å²) in [6.07, 6.45) is 1.75. The van der Waals surface area contributed by atoms with Crippen molar-refractivity contribution in [2.75, 3.05) is 5.75 Å². The normalized spacial score (nSPS) is 10.5. The Labute approximate surface area is 108 Å². The van der Waals surface area contributed by atoms with Crippen LogP contribution in [0.4, 0.5) is 0 Å². The molecule has 2 aromatic heterocycles. The van der Waals surface area contributed by atoms with E-state index in [1.165, 1.54) is 23.1 Å². The number of aromatic nitrogens is 1. The maximum atomic E-state index is 11.8. The molecule has 2 nitrogen and oxygen atoms in total. The van der Waals surface area contributed by atoms with Crippen molar-refractivity contribution in [3.05, 3.63) is 32.4 Å². The summed E-state index contributed by atoms with van der Waals surface area (Å²) in [7, 11) is 0. The van der Waals surface area contributed by atoms with Gasteiger partial charge in [-0.15, -0.1) is 22.7 Å². The molecule has 0 aromatic carbocycles. The highest BCUT2D eigenvalue weighted by Gasteiger charge is 2.12. The maximum absolute atomic E-state index is 11.8. The predicted octanol–water partition coefficient (Wildman–Crippen LogP) is 3.94. The molecule has 0 aliphatic carbocycles. The molecule has 0 saturated heterocycles. The molecule has 0 atom stereocenters. The smallest absolute Gasteiger partial charge is 0.184 e. The molecule has 2 heterocycles. The molecule has 0 fully saturated rings. The number of hydrogen-bond donors (Lipinski definition) is 0. The number of rotatable bonds is 4. The van der Waals surface area contributed by atoms with Crippen LogP contribution in [-0.4, -0.2) is 16.5 Å². The molecule has 0 saturated carbocycles. The summed E-state index contributed by atoms with van der Waals surface area (Å²) in [6.45, 7) is 0. The highest BCUT2D eigenvalue weighted by molar-refractivity contribution is 9.10. The number of carbonyl (C=O) groups excluding carboxylic acids is 1. The van der Waals surface area contributed by atoms with E-state index in [0.29, 0.717) is 5.75 Å². The average Bonchev–Trinajstić information content (AvgIpc) is 2.84. The third kappa shape index (κ3) is 2.90. The van der Waals surface area contributed by atoms with Crippen molar-refractivity contribution in [3.8, 4) is 0 Å². The molecule has 6 heteroatoms. The Morgan fingerprint density at radius 2 is 2.33 bits per heavy atom. The molecule has 15 heavy (non-hydrogen) atoms. The lowest BCUT2D eigenvalue weighted by atomic mass is 10.3. The van der Waals surface area contributed by atoms with Crippen molar-refractivity contribution < 1.29 is 4.79 Å². The van der Waals surface area contributed by atoms with Gasteiger partial charge in [0.1, 0.15) is 4.34 Å². The Kier molecular flexibility index (Phi) is 3.96. The summed E-state index contributed by atoms with van der Waals surface area (Å²) in [4.78, 5) is 16.7. The number of thiazole rings is 1. The molecule has 78 valence electrons. The average molecular weight is 320 g/mol. The summed E-state index contributed by atoms with van der Waals surface area (Å²) >= 11 is 7.86. The van der Waals surface area contributed by atoms with Gasteiger partial charge in [0, 0.05) is 16.0 Å². The van der Waals surface area contributed by atoms with E-state index in [1.807, 2.05) is 16.8 Å². The largest absolute Gasteiger partial charge is 0.292 e. The van der Waals surface area contributed by atoms with Crippen molar-refractivity contribution in [1.29, 1.82) is 0 Å². The van der Waals surface area contributed by atoms with Crippen LogP contribution in [-0.2, 0) is 0 Å². The van der Waals surface area contributed by atoms with Gasteiger partial charge < -0.3 is 0 Å². The van der Waals surface area contributed by atoms with E-state index >= 15 is 0 Å². The Hall–Kier alpha value is -0.170. The molecule has 0 aliphatic rings. The van der Waals surface area contributed by atoms with Gasteiger partial charge in [-0.25, -0.2) is 4.98 Å². The van der Waals surface area contributed by atoms with Gasteiger partial charge in [0.2, 0.25) is 0 Å². The minimum absolute atomic E-state index is 0.150.